The van der Waals surface area contributed by atoms with E-state index in [0.717, 1.165) is 12.1 Å². The van der Waals surface area contributed by atoms with Gasteiger partial charge in [0.05, 0.1) is 12.1 Å². The Labute approximate surface area is 81.4 Å². The van der Waals surface area contributed by atoms with Crippen molar-refractivity contribution in [3.8, 4) is 0 Å². The van der Waals surface area contributed by atoms with Gasteiger partial charge < -0.3 is 10.8 Å². The molecule has 0 spiro atoms. The normalized spacial score (nSPS) is 15.3. The van der Waals surface area contributed by atoms with E-state index in [1.807, 2.05) is 0 Å². The number of aliphatic hydroxyl groups is 1. The van der Waals surface area contributed by atoms with Crippen molar-refractivity contribution in [2.24, 2.45) is 5.73 Å². The number of nitrogens with two attached hydrogens (primary N) is 1. The Kier molecular flexibility index (Phi) is 2.87. The Morgan fingerprint density at radius 3 is 2.43 bits per heavy atom. The first-order valence-electron chi connectivity index (χ1n) is 4.24. The minimum absolute atomic E-state index is 0.0110. The van der Waals surface area contributed by atoms with Gasteiger partial charge in [-0.05, 0) is 31.5 Å². The summed E-state index contributed by atoms with van der Waals surface area (Å²) >= 11 is 0. The van der Waals surface area contributed by atoms with E-state index >= 15 is 0 Å². The molecule has 0 aliphatic carbocycles. The number of hydrogen-bond acceptors (Lipinski definition) is 2. The predicted octanol–water partition coefficient (Wildman–Crippen LogP) is 1.44. The van der Waals surface area contributed by atoms with Crippen LogP contribution in [-0.4, -0.2) is 11.7 Å². The first kappa shape index (κ1) is 11.1. The minimum atomic E-state index is -1.25. The summed E-state index contributed by atoms with van der Waals surface area (Å²) in [5.41, 5.74) is 4.56. The standard InChI is InChI=1S/C10H13F2NO/c1-6-3-9(12)7(4-8(6)11)10(2,13)5-14/h3-4,14H,5,13H2,1-2H3. The molecule has 14 heavy (non-hydrogen) atoms. The average molecular weight is 201 g/mol. The van der Waals surface area contributed by atoms with Gasteiger partial charge in [0.2, 0.25) is 0 Å². The highest BCUT2D eigenvalue weighted by Gasteiger charge is 2.24. The molecule has 3 N–H and O–H groups in total. The fourth-order valence-electron chi connectivity index (χ4n) is 1.17. The first-order chi connectivity index (χ1) is 6.38. The van der Waals surface area contributed by atoms with E-state index in [4.69, 9.17) is 10.8 Å². The van der Waals surface area contributed by atoms with Gasteiger partial charge in [0.1, 0.15) is 11.6 Å². The summed E-state index contributed by atoms with van der Waals surface area (Å²) in [5.74, 6) is -1.12. The summed E-state index contributed by atoms with van der Waals surface area (Å²) in [5, 5.41) is 8.92. The first-order valence-corrected chi connectivity index (χ1v) is 4.24. The quantitative estimate of drug-likeness (QED) is 0.760. The molecule has 1 rings (SSSR count). The maximum Gasteiger partial charge on any atom is 0.128 e. The van der Waals surface area contributed by atoms with Crippen LogP contribution in [-0.2, 0) is 5.54 Å². The third-order valence-corrected chi connectivity index (χ3v) is 2.19. The van der Waals surface area contributed by atoms with Gasteiger partial charge in [-0.1, -0.05) is 0 Å². The fourth-order valence-corrected chi connectivity index (χ4v) is 1.17. The van der Waals surface area contributed by atoms with Gasteiger partial charge in [0.15, 0.2) is 0 Å². The van der Waals surface area contributed by atoms with Crippen molar-refractivity contribution >= 4 is 0 Å². The van der Waals surface area contributed by atoms with Crippen LogP contribution in [0.2, 0.25) is 0 Å². The fraction of sp³-hybridized carbons (Fsp3) is 0.400. The molecule has 2 nitrogen and oxygen atoms in total. The highest BCUT2D eigenvalue weighted by Crippen LogP contribution is 2.23. The van der Waals surface area contributed by atoms with Crippen LogP contribution in [0, 0.1) is 18.6 Å². The van der Waals surface area contributed by atoms with Gasteiger partial charge in [-0.15, -0.1) is 0 Å². The third kappa shape index (κ3) is 1.91. The van der Waals surface area contributed by atoms with Crippen molar-refractivity contribution in [1.82, 2.24) is 0 Å². The van der Waals surface area contributed by atoms with Gasteiger partial charge >= 0.3 is 0 Å². The summed E-state index contributed by atoms with van der Waals surface area (Å²) in [6.07, 6.45) is 0. The van der Waals surface area contributed by atoms with Crippen LogP contribution < -0.4 is 5.73 Å². The molecule has 1 atom stereocenters. The SMILES string of the molecule is Cc1cc(F)c(C(C)(N)CO)cc1F. The lowest BCUT2D eigenvalue weighted by atomic mass is 9.92. The molecule has 4 heteroatoms. The molecule has 1 unspecified atom stereocenters. The summed E-state index contributed by atoms with van der Waals surface area (Å²) < 4.78 is 26.5. The summed E-state index contributed by atoms with van der Waals surface area (Å²) in [6, 6.07) is 2.10. The van der Waals surface area contributed by atoms with Crippen LogP contribution in [0.3, 0.4) is 0 Å². The zero-order chi connectivity index (χ0) is 10.9. The maximum absolute atomic E-state index is 13.4. The lowest BCUT2D eigenvalue weighted by Gasteiger charge is -2.23. The van der Waals surface area contributed by atoms with Gasteiger partial charge in [-0.2, -0.15) is 0 Å². The smallest absolute Gasteiger partial charge is 0.128 e. The molecule has 0 radical (unpaired) electrons. The average Bonchev–Trinajstić information content (AvgIpc) is 2.11. The minimum Gasteiger partial charge on any atom is -0.394 e. The highest BCUT2D eigenvalue weighted by molar-refractivity contribution is 5.30. The van der Waals surface area contributed by atoms with E-state index in [-0.39, 0.29) is 11.1 Å². The van der Waals surface area contributed by atoms with Crippen molar-refractivity contribution in [2.45, 2.75) is 19.4 Å². The Bertz CT molecular complexity index is 350. The topological polar surface area (TPSA) is 46.2 Å². The molecule has 0 fully saturated rings. The Morgan fingerprint density at radius 2 is 1.93 bits per heavy atom. The lowest BCUT2D eigenvalue weighted by Crippen LogP contribution is -2.38. The molecule has 0 bridgehead atoms. The molecule has 0 heterocycles. The Balaban J connectivity index is 3.29. The van der Waals surface area contributed by atoms with Crippen LogP contribution in [0.5, 0.6) is 0 Å². The molecule has 0 saturated heterocycles. The second-order valence-corrected chi connectivity index (χ2v) is 3.66. The van der Waals surface area contributed by atoms with E-state index in [1.165, 1.54) is 13.8 Å². The summed E-state index contributed by atoms with van der Waals surface area (Å²) in [4.78, 5) is 0. The van der Waals surface area contributed by atoms with E-state index in [2.05, 4.69) is 0 Å². The third-order valence-electron chi connectivity index (χ3n) is 2.19. The van der Waals surface area contributed by atoms with E-state index in [9.17, 15) is 8.78 Å². The monoisotopic (exact) mass is 201 g/mol. The molecule has 0 amide bonds. The summed E-state index contributed by atoms with van der Waals surface area (Å²) in [6.45, 7) is 2.47. The number of rotatable bonds is 2. The van der Waals surface area contributed by atoms with E-state index < -0.39 is 23.8 Å². The van der Waals surface area contributed by atoms with Crippen LogP contribution in [0.4, 0.5) is 8.78 Å². The van der Waals surface area contributed by atoms with Crippen molar-refractivity contribution in [2.75, 3.05) is 6.61 Å². The molecule has 78 valence electrons. The maximum atomic E-state index is 13.4. The van der Waals surface area contributed by atoms with Crippen LogP contribution in [0.15, 0.2) is 12.1 Å². The molecule has 0 aliphatic rings. The number of aliphatic hydroxyl groups excluding tert-OH is 1. The molecular formula is C10H13F2NO. The van der Waals surface area contributed by atoms with Gasteiger partial charge in [0.25, 0.3) is 0 Å². The van der Waals surface area contributed by atoms with Crippen LogP contribution >= 0.6 is 0 Å². The Hall–Kier alpha value is -1.00. The Morgan fingerprint density at radius 1 is 1.36 bits per heavy atom. The second-order valence-electron chi connectivity index (χ2n) is 3.66. The zero-order valence-corrected chi connectivity index (χ0v) is 8.14. The molecular weight excluding hydrogens is 188 g/mol. The number of halogens is 2. The number of benzene rings is 1. The van der Waals surface area contributed by atoms with Gasteiger partial charge in [-0.3, -0.25) is 0 Å². The molecule has 0 aliphatic heterocycles. The van der Waals surface area contributed by atoms with Gasteiger partial charge in [-0.25, -0.2) is 8.78 Å². The second kappa shape index (κ2) is 3.63. The molecule has 0 aromatic heterocycles. The number of aryl methyl sites for hydroxylation is 1. The van der Waals surface area contributed by atoms with Crippen LogP contribution in [0.1, 0.15) is 18.1 Å². The van der Waals surface area contributed by atoms with E-state index in [1.54, 1.807) is 0 Å². The molecule has 0 saturated carbocycles. The van der Waals surface area contributed by atoms with E-state index in [0.29, 0.717) is 0 Å². The predicted molar refractivity (Wildman–Crippen MR) is 49.7 cm³/mol. The largest absolute Gasteiger partial charge is 0.394 e. The highest BCUT2D eigenvalue weighted by atomic mass is 19.1. The van der Waals surface area contributed by atoms with Gasteiger partial charge in [0, 0.05) is 5.56 Å². The van der Waals surface area contributed by atoms with Crippen LogP contribution in [0.25, 0.3) is 0 Å². The van der Waals surface area contributed by atoms with Crippen molar-refractivity contribution in [3.63, 3.8) is 0 Å². The van der Waals surface area contributed by atoms with Crippen molar-refractivity contribution < 1.29 is 13.9 Å². The van der Waals surface area contributed by atoms with Crippen molar-refractivity contribution in [1.29, 1.82) is 0 Å². The number of hydrogen-bond donors (Lipinski definition) is 2. The molecule has 1 aromatic rings. The summed E-state index contributed by atoms with van der Waals surface area (Å²) in [7, 11) is 0. The lowest BCUT2D eigenvalue weighted by molar-refractivity contribution is 0.206. The molecule has 1 aromatic carbocycles. The van der Waals surface area contributed by atoms with Crippen molar-refractivity contribution in [3.05, 3.63) is 34.9 Å². The zero-order valence-electron chi connectivity index (χ0n) is 8.14.